The third-order valence-electron chi connectivity index (χ3n) is 3.83. The number of carbonyl (C=O) groups is 1. The normalized spacial score (nSPS) is 30.6. The maximum absolute atomic E-state index is 11.1. The molecule has 2 rings (SSSR count). The van der Waals surface area contributed by atoms with Crippen molar-refractivity contribution >= 4 is 5.97 Å². The molecule has 2 N–H and O–H groups in total. The summed E-state index contributed by atoms with van der Waals surface area (Å²) in [7, 11) is 0. The smallest absolute Gasteiger partial charge is 0.370 e. The Labute approximate surface area is 113 Å². The molecule has 1 aliphatic heterocycles. The third kappa shape index (κ3) is 3.48. The molecule has 3 atom stereocenters. The fraction of sp³-hybridized carbons (Fsp3) is 0.786. The number of hydrogen-bond donors (Lipinski definition) is 2. The van der Waals surface area contributed by atoms with E-state index < -0.39 is 12.3 Å². The minimum Gasteiger partial charge on any atom is -0.475 e. The molecule has 0 saturated heterocycles. The minimum atomic E-state index is -1.03. The molecule has 0 aromatic carbocycles. The highest BCUT2D eigenvalue weighted by Gasteiger charge is 2.43. The lowest BCUT2D eigenvalue weighted by atomic mass is 9.82. The summed E-state index contributed by atoms with van der Waals surface area (Å²) in [4.78, 5) is 11.1. The van der Waals surface area contributed by atoms with Crippen LogP contribution in [0.15, 0.2) is 11.8 Å². The van der Waals surface area contributed by atoms with Crippen LogP contribution in [-0.2, 0) is 14.3 Å². The first-order chi connectivity index (χ1) is 9.17. The summed E-state index contributed by atoms with van der Waals surface area (Å²) in [6, 6.07) is 0. The van der Waals surface area contributed by atoms with Crippen molar-refractivity contribution in [1.29, 1.82) is 0 Å². The van der Waals surface area contributed by atoms with Crippen LogP contribution in [0.2, 0.25) is 0 Å². The van der Waals surface area contributed by atoms with Crippen LogP contribution in [0, 0.1) is 17.8 Å². The first-order valence-electron chi connectivity index (χ1n) is 7.01. The summed E-state index contributed by atoms with van der Waals surface area (Å²) in [6.07, 6.45) is 5.02. The van der Waals surface area contributed by atoms with E-state index in [2.05, 4.69) is 0 Å². The van der Waals surface area contributed by atoms with Gasteiger partial charge in [-0.1, -0.05) is 0 Å². The minimum absolute atomic E-state index is 0.00981. The molecular formula is C14H22O5. The van der Waals surface area contributed by atoms with Crippen molar-refractivity contribution in [1.82, 2.24) is 0 Å². The van der Waals surface area contributed by atoms with Gasteiger partial charge in [0.1, 0.15) is 0 Å². The number of ether oxygens (including phenoxy) is 2. The summed E-state index contributed by atoms with van der Waals surface area (Å²) in [5.41, 5.74) is 0. The maximum atomic E-state index is 11.1. The van der Waals surface area contributed by atoms with E-state index in [0.29, 0.717) is 18.9 Å². The molecule has 0 amide bonds. The average Bonchev–Trinajstić information content (AvgIpc) is 3.21. The molecule has 0 aromatic heterocycles. The van der Waals surface area contributed by atoms with Crippen LogP contribution in [0.3, 0.4) is 0 Å². The zero-order valence-electron chi connectivity index (χ0n) is 11.2. The van der Waals surface area contributed by atoms with Crippen molar-refractivity contribution in [3.8, 4) is 0 Å². The molecular weight excluding hydrogens is 248 g/mol. The summed E-state index contributed by atoms with van der Waals surface area (Å²) < 4.78 is 11.0. The zero-order valence-corrected chi connectivity index (χ0v) is 11.2. The van der Waals surface area contributed by atoms with Crippen LogP contribution in [0.25, 0.3) is 0 Å². The van der Waals surface area contributed by atoms with Gasteiger partial charge in [-0.05, 0) is 50.5 Å². The van der Waals surface area contributed by atoms with Gasteiger partial charge in [0.15, 0.2) is 0 Å². The monoisotopic (exact) mass is 270 g/mol. The summed E-state index contributed by atoms with van der Waals surface area (Å²) in [5.74, 6) is -0.137. The van der Waals surface area contributed by atoms with Crippen LogP contribution in [-0.4, -0.2) is 35.7 Å². The Morgan fingerprint density at radius 3 is 2.79 bits per heavy atom. The van der Waals surface area contributed by atoms with Crippen LogP contribution >= 0.6 is 0 Å². The Bertz CT molecular complexity index is 348. The fourth-order valence-corrected chi connectivity index (χ4v) is 2.80. The van der Waals surface area contributed by atoms with Crippen LogP contribution < -0.4 is 0 Å². The van der Waals surface area contributed by atoms with Gasteiger partial charge in [-0.3, -0.25) is 0 Å². The van der Waals surface area contributed by atoms with Crippen LogP contribution in [0.4, 0.5) is 0 Å². The van der Waals surface area contributed by atoms with E-state index in [1.54, 1.807) is 6.08 Å². The fourth-order valence-electron chi connectivity index (χ4n) is 2.80. The van der Waals surface area contributed by atoms with E-state index in [0.717, 1.165) is 19.3 Å². The van der Waals surface area contributed by atoms with Crippen molar-refractivity contribution < 1.29 is 24.5 Å². The van der Waals surface area contributed by atoms with Crippen molar-refractivity contribution in [2.45, 2.75) is 38.9 Å². The molecule has 0 aromatic rings. The van der Waals surface area contributed by atoms with Gasteiger partial charge >= 0.3 is 5.97 Å². The van der Waals surface area contributed by atoms with E-state index in [-0.39, 0.29) is 24.2 Å². The van der Waals surface area contributed by atoms with Crippen LogP contribution in [0.1, 0.15) is 32.6 Å². The van der Waals surface area contributed by atoms with E-state index in [4.69, 9.17) is 19.7 Å². The van der Waals surface area contributed by atoms with Crippen molar-refractivity contribution in [3.05, 3.63) is 11.8 Å². The molecule has 2 aliphatic rings. The predicted octanol–water partition coefficient (Wildman–Crippen LogP) is 1.76. The second kappa shape index (κ2) is 6.39. The number of aliphatic carboxylic acids is 1. The Hall–Kier alpha value is -1.07. The summed E-state index contributed by atoms with van der Waals surface area (Å²) in [6.45, 7) is 2.50. The first-order valence-corrected chi connectivity index (χ1v) is 7.01. The maximum Gasteiger partial charge on any atom is 0.370 e. The van der Waals surface area contributed by atoms with E-state index in [1.165, 1.54) is 0 Å². The van der Waals surface area contributed by atoms with Gasteiger partial charge in [-0.15, -0.1) is 0 Å². The summed E-state index contributed by atoms with van der Waals surface area (Å²) >= 11 is 0. The molecule has 1 saturated carbocycles. The van der Waals surface area contributed by atoms with Gasteiger partial charge in [0, 0.05) is 19.1 Å². The van der Waals surface area contributed by atoms with Crippen molar-refractivity contribution in [3.63, 3.8) is 0 Å². The second-order valence-corrected chi connectivity index (χ2v) is 5.22. The SMILES string of the molecule is CCO[C@@H]1OC(C(=O)O)=C[C@H](C2CC2)[C@H]1CCCO. The highest BCUT2D eigenvalue weighted by atomic mass is 16.7. The summed E-state index contributed by atoms with van der Waals surface area (Å²) in [5, 5.41) is 18.1. The standard InChI is InChI=1S/C14H22O5/c1-2-18-14-10(4-3-7-15)11(9-5-6-9)8-12(19-14)13(16)17/h8-11,14-15H,2-7H2,1H3,(H,16,17)/t10-,11-,14-/m1/s1. The van der Waals surface area contributed by atoms with Gasteiger partial charge in [0.25, 0.3) is 0 Å². The number of hydrogen-bond acceptors (Lipinski definition) is 4. The number of aliphatic hydroxyl groups is 1. The second-order valence-electron chi connectivity index (χ2n) is 5.22. The van der Waals surface area contributed by atoms with Crippen molar-refractivity contribution in [2.24, 2.45) is 17.8 Å². The average molecular weight is 270 g/mol. The largest absolute Gasteiger partial charge is 0.475 e. The number of allylic oxidation sites excluding steroid dienone is 1. The van der Waals surface area contributed by atoms with Gasteiger partial charge in [0.05, 0.1) is 0 Å². The van der Waals surface area contributed by atoms with Gasteiger partial charge in [-0.25, -0.2) is 4.79 Å². The zero-order chi connectivity index (χ0) is 13.8. The van der Waals surface area contributed by atoms with Gasteiger partial charge < -0.3 is 19.7 Å². The number of aliphatic hydroxyl groups excluding tert-OH is 1. The highest BCUT2D eigenvalue weighted by Crippen LogP contribution is 2.47. The van der Waals surface area contributed by atoms with Gasteiger partial charge in [0.2, 0.25) is 12.0 Å². The molecule has 5 nitrogen and oxygen atoms in total. The van der Waals surface area contributed by atoms with Crippen LogP contribution in [0.5, 0.6) is 0 Å². The Morgan fingerprint density at radius 1 is 1.53 bits per heavy atom. The number of carboxylic acid groups (broad SMARTS) is 1. The Balaban J connectivity index is 2.16. The topological polar surface area (TPSA) is 76.0 Å². The Kier molecular flexibility index (Phi) is 4.82. The molecule has 5 heteroatoms. The Morgan fingerprint density at radius 2 is 2.26 bits per heavy atom. The van der Waals surface area contributed by atoms with E-state index in [9.17, 15) is 4.79 Å². The van der Waals surface area contributed by atoms with Crippen molar-refractivity contribution in [2.75, 3.05) is 13.2 Å². The molecule has 0 radical (unpaired) electrons. The molecule has 1 fully saturated rings. The number of rotatable bonds is 7. The van der Waals surface area contributed by atoms with E-state index in [1.807, 2.05) is 6.92 Å². The van der Waals surface area contributed by atoms with E-state index >= 15 is 0 Å². The molecule has 0 unspecified atom stereocenters. The molecule has 1 heterocycles. The third-order valence-corrected chi connectivity index (χ3v) is 3.83. The lowest BCUT2D eigenvalue weighted by Crippen LogP contribution is -2.38. The quantitative estimate of drug-likeness (QED) is 0.737. The van der Waals surface area contributed by atoms with Gasteiger partial charge in [-0.2, -0.15) is 0 Å². The number of carboxylic acids is 1. The predicted molar refractivity (Wildman–Crippen MR) is 68.2 cm³/mol. The highest BCUT2D eigenvalue weighted by molar-refractivity contribution is 5.84. The lowest BCUT2D eigenvalue weighted by molar-refractivity contribution is -0.179. The molecule has 0 bridgehead atoms. The first kappa shape index (κ1) is 14.3. The molecule has 19 heavy (non-hydrogen) atoms. The lowest BCUT2D eigenvalue weighted by Gasteiger charge is -2.36. The molecule has 0 spiro atoms. The molecule has 1 aliphatic carbocycles. The molecule has 108 valence electrons.